The van der Waals surface area contributed by atoms with Gasteiger partial charge in [0.25, 0.3) is 5.91 Å². The van der Waals surface area contributed by atoms with E-state index in [2.05, 4.69) is 23.4 Å². The van der Waals surface area contributed by atoms with E-state index in [1.165, 1.54) is 0 Å². The third-order valence-corrected chi connectivity index (χ3v) is 4.62. The monoisotopic (exact) mass is 289 g/mol. The van der Waals surface area contributed by atoms with Gasteiger partial charge in [-0.2, -0.15) is 11.8 Å². The molecule has 1 saturated carbocycles. The smallest absolute Gasteiger partial charge is 0.252 e. The summed E-state index contributed by atoms with van der Waals surface area (Å²) >= 11 is 1.87. The molecule has 0 heterocycles. The molecular formula is C16H19NO2S. The van der Waals surface area contributed by atoms with Crippen molar-refractivity contribution in [3.8, 4) is 11.8 Å². The van der Waals surface area contributed by atoms with E-state index >= 15 is 0 Å². The van der Waals surface area contributed by atoms with E-state index in [-0.39, 0.29) is 18.6 Å². The van der Waals surface area contributed by atoms with E-state index < -0.39 is 0 Å². The number of aliphatic hydroxyl groups excluding tert-OH is 1. The number of carbonyl (C=O) groups is 1. The van der Waals surface area contributed by atoms with Crippen molar-refractivity contribution in [2.75, 3.05) is 12.9 Å². The van der Waals surface area contributed by atoms with Crippen molar-refractivity contribution in [2.45, 2.75) is 30.6 Å². The Kier molecular flexibility index (Phi) is 5.51. The van der Waals surface area contributed by atoms with Crippen LogP contribution in [0.15, 0.2) is 24.3 Å². The molecule has 0 aliphatic heterocycles. The quantitative estimate of drug-likeness (QED) is 0.837. The number of aliphatic hydroxyl groups is 1. The van der Waals surface area contributed by atoms with Gasteiger partial charge in [0.15, 0.2) is 0 Å². The minimum atomic E-state index is -0.200. The maximum atomic E-state index is 12.3. The minimum absolute atomic E-state index is 0.0698. The standard InChI is InChI=1S/C16H19NO2S/c1-20-14-9-8-13(11-14)17-16(19)15-7-3-2-5-12(15)6-4-10-18/h2-3,5,7,13-14,18H,8-11H2,1H3,(H,17,19). The largest absolute Gasteiger partial charge is 0.384 e. The number of thioether (sulfide) groups is 1. The van der Waals surface area contributed by atoms with Gasteiger partial charge < -0.3 is 10.4 Å². The molecule has 2 N–H and O–H groups in total. The van der Waals surface area contributed by atoms with Gasteiger partial charge >= 0.3 is 0 Å². The summed E-state index contributed by atoms with van der Waals surface area (Å²) in [4.78, 5) is 12.3. The summed E-state index contributed by atoms with van der Waals surface area (Å²) < 4.78 is 0. The fourth-order valence-electron chi connectivity index (χ4n) is 2.47. The summed E-state index contributed by atoms with van der Waals surface area (Å²) in [5, 5.41) is 12.5. The summed E-state index contributed by atoms with van der Waals surface area (Å²) in [6, 6.07) is 7.52. The number of nitrogens with one attached hydrogen (secondary N) is 1. The maximum Gasteiger partial charge on any atom is 0.252 e. The predicted molar refractivity (Wildman–Crippen MR) is 82.8 cm³/mol. The maximum absolute atomic E-state index is 12.3. The fourth-order valence-corrected chi connectivity index (χ4v) is 3.27. The van der Waals surface area contributed by atoms with Gasteiger partial charge in [-0.05, 0) is 37.7 Å². The van der Waals surface area contributed by atoms with Gasteiger partial charge in [0.2, 0.25) is 0 Å². The molecular weight excluding hydrogens is 270 g/mol. The fraction of sp³-hybridized carbons (Fsp3) is 0.438. The SMILES string of the molecule is CSC1CCC(NC(=O)c2ccccc2C#CCO)C1. The summed E-state index contributed by atoms with van der Waals surface area (Å²) in [5.74, 6) is 5.35. The third-order valence-electron chi connectivity index (χ3n) is 3.53. The van der Waals surface area contributed by atoms with Gasteiger partial charge in [-0.3, -0.25) is 4.79 Å². The number of benzene rings is 1. The van der Waals surface area contributed by atoms with Gasteiger partial charge in [-0.15, -0.1) is 0 Å². The Hall–Kier alpha value is -1.44. The Bertz CT molecular complexity index is 533. The second-order valence-corrected chi connectivity index (χ2v) is 5.98. The summed E-state index contributed by atoms with van der Waals surface area (Å²) in [7, 11) is 0. The Labute approximate surface area is 124 Å². The van der Waals surface area contributed by atoms with Crippen LogP contribution in [0.1, 0.15) is 35.2 Å². The lowest BCUT2D eigenvalue weighted by atomic mass is 10.1. The van der Waals surface area contributed by atoms with Gasteiger partial charge in [-0.1, -0.05) is 24.0 Å². The molecule has 1 aliphatic carbocycles. The van der Waals surface area contributed by atoms with Gasteiger partial charge in [0.1, 0.15) is 6.61 Å². The van der Waals surface area contributed by atoms with Crippen molar-refractivity contribution in [3.63, 3.8) is 0 Å². The molecule has 2 rings (SSSR count). The van der Waals surface area contributed by atoms with Gasteiger partial charge in [0, 0.05) is 16.9 Å². The van der Waals surface area contributed by atoms with E-state index in [0.29, 0.717) is 16.4 Å². The van der Waals surface area contributed by atoms with E-state index in [1.54, 1.807) is 12.1 Å². The Morgan fingerprint density at radius 3 is 2.95 bits per heavy atom. The zero-order valence-corrected chi connectivity index (χ0v) is 12.4. The van der Waals surface area contributed by atoms with Crippen LogP contribution in [0.2, 0.25) is 0 Å². The summed E-state index contributed by atoms with van der Waals surface area (Å²) in [6.07, 6.45) is 5.37. The molecule has 2 atom stereocenters. The highest BCUT2D eigenvalue weighted by molar-refractivity contribution is 7.99. The first kappa shape index (κ1) is 15.0. The average molecular weight is 289 g/mol. The number of carbonyl (C=O) groups excluding carboxylic acids is 1. The van der Waals surface area contributed by atoms with Crippen molar-refractivity contribution in [1.82, 2.24) is 5.32 Å². The van der Waals surface area contributed by atoms with Gasteiger partial charge in [-0.25, -0.2) is 0 Å². The predicted octanol–water partition coefficient (Wildman–Crippen LogP) is 2.04. The van der Waals surface area contributed by atoms with Crippen molar-refractivity contribution >= 4 is 17.7 Å². The van der Waals surface area contributed by atoms with Crippen LogP contribution in [0.25, 0.3) is 0 Å². The van der Waals surface area contributed by atoms with E-state index in [4.69, 9.17) is 5.11 Å². The lowest BCUT2D eigenvalue weighted by Gasteiger charge is -2.13. The molecule has 1 aromatic carbocycles. The molecule has 1 aromatic rings. The van der Waals surface area contributed by atoms with Crippen LogP contribution in [-0.2, 0) is 0 Å². The number of hydrogen-bond donors (Lipinski definition) is 2. The van der Waals surface area contributed by atoms with Crippen LogP contribution in [0, 0.1) is 11.8 Å². The summed E-state index contributed by atoms with van der Waals surface area (Å²) in [5.41, 5.74) is 1.25. The number of amides is 1. The van der Waals surface area contributed by atoms with Crippen molar-refractivity contribution in [3.05, 3.63) is 35.4 Å². The van der Waals surface area contributed by atoms with Crippen LogP contribution in [-0.4, -0.2) is 35.2 Å². The van der Waals surface area contributed by atoms with Crippen molar-refractivity contribution < 1.29 is 9.90 Å². The topological polar surface area (TPSA) is 49.3 Å². The zero-order chi connectivity index (χ0) is 14.4. The Morgan fingerprint density at radius 1 is 1.45 bits per heavy atom. The first-order chi connectivity index (χ1) is 9.74. The highest BCUT2D eigenvalue weighted by atomic mass is 32.2. The molecule has 2 unspecified atom stereocenters. The molecule has 1 aliphatic rings. The molecule has 4 heteroatoms. The minimum Gasteiger partial charge on any atom is -0.384 e. The van der Waals surface area contributed by atoms with E-state index in [9.17, 15) is 4.79 Å². The molecule has 1 fully saturated rings. The molecule has 0 bridgehead atoms. The molecule has 20 heavy (non-hydrogen) atoms. The first-order valence-corrected chi connectivity index (χ1v) is 8.05. The molecule has 106 valence electrons. The van der Waals surface area contributed by atoms with E-state index in [0.717, 1.165) is 19.3 Å². The second kappa shape index (κ2) is 7.37. The van der Waals surface area contributed by atoms with Crippen LogP contribution in [0.3, 0.4) is 0 Å². The first-order valence-electron chi connectivity index (χ1n) is 6.77. The molecule has 0 saturated heterocycles. The molecule has 0 spiro atoms. The lowest BCUT2D eigenvalue weighted by Crippen LogP contribution is -2.33. The third kappa shape index (κ3) is 3.78. The average Bonchev–Trinajstić information content (AvgIpc) is 2.93. The summed E-state index contributed by atoms with van der Waals surface area (Å²) in [6.45, 7) is -0.200. The lowest BCUT2D eigenvalue weighted by molar-refractivity contribution is 0.0937. The molecule has 0 aromatic heterocycles. The van der Waals surface area contributed by atoms with Crippen LogP contribution in [0.5, 0.6) is 0 Å². The highest BCUT2D eigenvalue weighted by Crippen LogP contribution is 2.28. The zero-order valence-electron chi connectivity index (χ0n) is 11.6. The normalized spacial score (nSPS) is 21.1. The van der Waals surface area contributed by atoms with Crippen LogP contribution in [0.4, 0.5) is 0 Å². The Balaban J connectivity index is 2.06. The van der Waals surface area contributed by atoms with Crippen molar-refractivity contribution in [1.29, 1.82) is 0 Å². The molecule has 0 radical (unpaired) electrons. The van der Waals surface area contributed by atoms with Crippen LogP contribution < -0.4 is 5.32 Å². The van der Waals surface area contributed by atoms with E-state index in [1.807, 2.05) is 23.9 Å². The molecule has 1 amide bonds. The van der Waals surface area contributed by atoms with Crippen molar-refractivity contribution in [2.24, 2.45) is 0 Å². The Morgan fingerprint density at radius 2 is 2.25 bits per heavy atom. The number of rotatable bonds is 3. The second-order valence-electron chi connectivity index (χ2n) is 4.85. The van der Waals surface area contributed by atoms with Crippen LogP contribution >= 0.6 is 11.8 Å². The number of hydrogen-bond acceptors (Lipinski definition) is 3. The van der Waals surface area contributed by atoms with Gasteiger partial charge in [0.05, 0.1) is 5.56 Å². The molecule has 3 nitrogen and oxygen atoms in total. The highest BCUT2D eigenvalue weighted by Gasteiger charge is 2.25.